The van der Waals surface area contributed by atoms with Gasteiger partial charge in [0.25, 0.3) is 5.91 Å². The van der Waals surface area contributed by atoms with E-state index in [0.29, 0.717) is 18.7 Å². The summed E-state index contributed by atoms with van der Waals surface area (Å²) < 4.78 is 7.09. The number of benzene rings is 1. The fraction of sp³-hybridized carbons (Fsp3) is 0.278. The standard InChI is InChI=1S/C18H19N3O4/c1-12-3-4-13(2)21(12)15-7-5-14(6-8-15)17(23)25-11-16(22)20-10-9-19-18(20)24/h3-8H,9-11H2,1-2H3,(H,19,24). The summed E-state index contributed by atoms with van der Waals surface area (Å²) in [7, 11) is 0. The Morgan fingerprint density at radius 1 is 1.08 bits per heavy atom. The first kappa shape index (κ1) is 16.8. The Kier molecular flexibility index (Phi) is 4.56. The van der Waals surface area contributed by atoms with Crippen LogP contribution in [0.5, 0.6) is 0 Å². The summed E-state index contributed by atoms with van der Waals surface area (Å²) in [5.41, 5.74) is 3.50. The number of carbonyl (C=O) groups excluding carboxylic acids is 3. The van der Waals surface area contributed by atoms with Crippen molar-refractivity contribution in [3.8, 4) is 5.69 Å². The van der Waals surface area contributed by atoms with Gasteiger partial charge in [0.05, 0.1) is 5.56 Å². The molecule has 1 aliphatic rings. The van der Waals surface area contributed by atoms with Crippen LogP contribution in [0.3, 0.4) is 0 Å². The van der Waals surface area contributed by atoms with E-state index in [1.165, 1.54) is 0 Å². The molecule has 0 unspecified atom stereocenters. The van der Waals surface area contributed by atoms with Gasteiger partial charge in [-0.05, 0) is 50.2 Å². The average Bonchev–Trinajstić information content (AvgIpc) is 3.18. The van der Waals surface area contributed by atoms with Crippen LogP contribution in [0, 0.1) is 13.8 Å². The van der Waals surface area contributed by atoms with Gasteiger partial charge in [0.2, 0.25) is 0 Å². The molecule has 1 aromatic carbocycles. The largest absolute Gasteiger partial charge is 0.452 e. The number of rotatable bonds is 4. The molecule has 3 rings (SSSR count). The van der Waals surface area contributed by atoms with E-state index in [2.05, 4.69) is 9.88 Å². The van der Waals surface area contributed by atoms with Crippen LogP contribution in [-0.4, -0.2) is 47.1 Å². The van der Waals surface area contributed by atoms with E-state index in [-0.39, 0.29) is 0 Å². The zero-order valence-electron chi connectivity index (χ0n) is 14.1. The first-order valence-corrected chi connectivity index (χ1v) is 7.98. The first-order chi connectivity index (χ1) is 12.0. The normalized spacial score (nSPS) is 13.7. The number of hydrogen-bond donors (Lipinski definition) is 1. The van der Waals surface area contributed by atoms with Crippen molar-refractivity contribution in [1.82, 2.24) is 14.8 Å². The van der Waals surface area contributed by atoms with Gasteiger partial charge in [-0.25, -0.2) is 9.59 Å². The molecule has 0 aliphatic carbocycles. The third-order valence-corrected chi connectivity index (χ3v) is 4.12. The maximum absolute atomic E-state index is 12.1. The summed E-state index contributed by atoms with van der Waals surface area (Å²) in [6.45, 7) is 4.27. The highest BCUT2D eigenvalue weighted by molar-refractivity contribution is 5.98. The van der Waals surface area contributed by atoms with E-state index in [0.717, 1.165) is 22.0 Å². The monoisotopic (exact) mass is 341 g/mol. The zero-order chi connectivity index (χ0) is 18.0. The molecule has 2 heterocycles. The average molecular weight is 341 g/mol. The Morgan fingerprint density at radius 3 is 2.28 bits per heavy atom. The third kappa shape index (κ3) is 3.40. The molecule has 1 N–H and O–H groups in total. The number of amides is 3. The number of nitrogens with one attached hydrogen (secondary N) is 1. The Morgan fingerprint density at radius 2 is 1.72 bits per heavy atom. The number of aromatic nitrogens is 1. The maximum Gasteiger partial charge on any atom is 0.338 e. The second-order valence-electron chi connectivity index (χ2n) is 5.85. The van der Waals surface area contributed by atoms with Gasteiger partial charge in [0.15, 0.2) is 6.61 Å². The smallest absolute Gasteiger partial charge is 0.338 e. The Bertz CT molecular complexity index is 804. The number of esters is 1. The Hall–Kier alpha value is -3.09. The molecule has 0 atom stereocenters. The van der Waals surface area contributed by atoms with Crippen LogP contribution in [0.2, 0.25) is 0 Å². The van der Waals surface area contributed by atoms with Crippen molar-refractivity contribution in [2.24, 2.45) is 0 Å². The van der Waals surface area contributed by atoms with Crippen molar-refractivity contribution in [1.29, 1.82) is 0 Å². The van der Waals surface area contributed by atoms with E-state index in [4.69, 9.17) is 4.74 Å². The van der Waals surface area contributed by atoms with Crippen LogP contribution in [0.25, 0.3) is 5.69 Å². The van der Waals surface area contributed by atoms with Crippen LogP contribution in [0.15, 0.2) is 36.4 Å². The number of nitrogens with zero attached hydrogens (tertiary/aromatic N) is 2. The fourth-order valence-electron chi connectivity index (χ4n) is 2.82. The number of ether oxygens (including phenoxy) is 1. The topological polar surface area (TPSA) is 80.6 Å². The molecule has 2 aromatic rings. The molecule has 0 radical (unpaired) electrons. The molecule has 0 saturated carbocycles. The van der Waals surface area contributed by atoms with E-state index in [9.17, 15) is 14.4 Å². The molecule has 1 aliphatic heterocycles. The summed E-state index contributed by atoms with van der Waals surface area (Å²) in [4.78, 5) is 36.4. The highest BCUT2D eigenvalue weighted by Crippen LogP contribution is 2.17. The predicted molar refractivity (Wildman–Crippen MR) is 90.6 cm³/mol. The van der Waals surface area contributed by atoms with Crippen molar-refractivity contribution in [3.63, 3.8) is 0 Å². The molecule has 0 spiro atoms. The quantitative estimate of drug-likeness (QED) is 0.860. The molecule has 1 saturated heterocycles. The minimum atomic E-state index is -0.597. The van der Waals surface area contributed by atoms with Crippen molar-refractivity contribution in [2.75, 3.05) is 19.7 Å². The van der Waals surface area contributed by atoms with Gasteiger partial charge in [-0.2, -0.15) is 0 Å². The van der Waals surface area contributed by atoms with Crippen LogP contribution < -0.4 is 5.32 Å². The van der Waals surface area contributed by atoms with E-state index in [1.54, 1.807) is 12.1 Å². The Labute approximate surface area is 145 Å². The number of urea groups is 1. The van der Waals surface area contributed by atoms with Gasteiger partial charge in [0.1, 0.15) is 0 Å². The SMILES string of the molecule is Cc1ccc(C)n1-c1ccc(C(=O)OCC(=O)N2CCNC2=O)cc1. The molecule has 130 valence electrons. The Balaban J connectivity index is 1.63. The lowest BCUT2D eigenvalue weighted by Crippen LogP contribution is -2.37. The third-order valence-electron chi connectivity index (χ3n) is 4.12. The number of hydrogen-bond acceptors (Lipinski definition) is 4. The number of imide groups is 1. The molecular formula is C18H19N3O4. The summed E-state index contributed by atoms with van der Waals surface area (Å²) in [5.74, 6) is -1.13. The van der Waals surface area contributed by atoms with Crippen LogP contribution in [0.4, 0.5) is 4.79 Å². The van der Waals surface area contributed by atoms with Crippen LogP contribution in [-0.2, 0) is 9.53 Å². The zero-order valence-corrected chi connectivity index (χ0v) is 14.1. The molecule has 7 heteroatoms. The lowest BCUT2D eigenvalue weighted by Gasteiger charge is -2.12. The minimum absolute atomic E-state index is 0.291. The summed E-state index contributed by atoms with van der Waals surface area (Å²) in [5, 5.41) is 2.52. The van der Waals surface area contributed by atoms with Gasteiger partial charge < -0.3 is 14.6 Å². The molecule has 0 bridgehead atoms. The van der Waals surface area contributed by atoms with Gasteiger partial charge in [-0.15, -0.1) is 0 Å². The van der Waals surface area contributed by atoms with Gasteiger partial charge in [0, 0.05) is 30.2 Å². The molecular weight excluding hydrogens is 322 g/mol. The second-order valence-corrected chi connectivity index (χ2v) is 5.85. The van der Waals surface area contributed by atoms with Crippen molar-refractivity contribution in [2.45, 2.75) is 13.8 Å². The molecule has 7 nitrogen and oxygen atoms in total. The van der Waals surface area contributed by atoms with E-state index in [1.807, 2.05) is 38.1 Å². The van der Waals surface area contributed by atoms with Crippen LogP contribution in [0.1, 0.15) is 21.7 Å². The van der Waals surface area contributed by atoms with Gasteiger partial charge in [-0.3, -0.25) is 9.69 Å². The lowest BCUT2D eigenvalue weighted by molar-refractivity contribution is -0.130. The summed E-state index contributed by atoms with van der Waals surface area (Å²) in [6.07, 6.45) is 0. The molecule has 1 aromatic heterocycles. The number of aryl methyl sites for hydroxylation is 2. The second kappa shape index (κ2) is 6.80. The summed E-state index contributed by atoms with van der Waals surface area (Å²) >= 11 is 0. The highest BCUT2D eigenvalue weighted by Gasteiger charge is 2.26. The van der Waals surface area contributed by atoms with Gasteiger partial charge >= 0.3 is 12.0 Å². The van der Waals surface area contributed by atoms with Crippen LogP contribution >= 0.6 is 0 Å². The van der Waals surface area contributed by atoms with E-state index < -0.39 is 24.5 Å². The molecule has 1 fully saturated rings. The fourth-order valence-corrected chi connectivity index (χ4v) is 2.82. The van der Waals surface area contributed by atoms with E-state index >= 15 is 0 Å². The molecule has 3 amide bonds. The van der Waals surface area contributed by atoms with Crippen molar-refractivity contribution >= 4 is 17.9 Å². The first-order valence-electron chi connectivity index (χ1n) is 7.98. The minimum Gasteiger partial charge on any atom is -0.452 e. The molecule has 25 heavy (non-hydrogen) atoms. The maximum atomic E-state index is 12.1. The number of carbonyl (C=O) groups is 3. The van der Waals surface area contributed by atoms with Gasteiger partial charge in [-0.1, -0.05) is 0 Å². The summed E-state index contributed by atoms with van der Waals surface area (Å²) in [6, 6.07) is 10.6. The predicted octanol–water partition coefficient (Wildman–Crippen LogP) is 1.80. The van der Waals surface area contributed by atoms with Crippen molar-refractivity contribution in [3.05, 3.63) is 53.3 Å². The lowest BCUT2D eigenvalue weighted by atomic mass is 10.2. The van der Waals surface area contributed by atoms with Crippen molar-refractivity contribution < 1.29 is 19.1 Å². The highest BCUT2D eigenvalue weighted by atomic mass is 16.5.